The normalized spacial score (nSPS) is 30.4. The van der Waals surface area contributed by atoms with Gasteiger partial charge in [-0.1, -0.05) is 17.7 Å². The average Bonchev–Trinajstić information content (AvgIpc) is 2.79. The van der Waals surface area contributed by atoms with E-state index in [1.165, 1.54) is 36.9 Å². The maximum absolute atomic E-state index is 6.15. The first kappa shape index (κ1) is 14.4. The van der Waals surface area contributed by atoms with E-state index in [9.17, 15) is 0 Å². The molecule has 0 saturated carbocycles. The summed E-state index contributed by atoms with van der Waals surface area (Å²) < 4.78 is 5.34. The topological polar surface area (TPSA) is 12.5 Å². The van der Waals surface area contributed by atoms with Crippen LogP contribution in [0.5, 0.6) is 0 Å². The molecule has 1 heterocycles. The van der Waals surface area contributed by atoms with Crippen LogP contribution in [0.1, 0.15) is 30.9 Å². The Kier molecular flexibility index (Phi) is 4.34. The third-order valence-corrected chi connectivity index (χ3v) is 5.19. The first-order valence-electron chi connectivity index (χ1n) is 7.69. The van der Waals surface area contributed by atoms with Crippen LogP contribution in [-0.2, 0) is 17.6 Å². The van der Waals surface area contributed by atoms with Crippen molar-refractivity contribution in [2.24, 2.45) is 5.92 Å². The van der Waals surface area contributed by atoms with Crippen molar-refractivity contribution in [2.75, 3.05) is 20.3 Å². The largest absolute Gasteiger partial charge is 0.384 e. The summed E-state index contributed by atoms with van der Waals surface area (Å²) in [6, 6.07) is 7.75. The zero-order valence-electron chi connectivity index (χ0n) is 12.4. The predicted molar refractivity (Wildman–Crippen MR) is 83.4 cm³/mol. The molecule has 0 N–H and O–H groups in total. The summed E-state index contributed by atoms with van der Waals surface area (Å²) in [5, 5.41) is 0.871. The first-order chi connectivity index (χ1) is 9.67. The minimum absolute atomic E-state index is 0.679. The Bertz CT molecular complexity index is 476. The number of benzene rings is 1. The standard InChI is InChI=1S/C17H24ClNO/c1-12-7-13(11-20-2)10-19(12)17-6-4-14-3-5-16(18)8-15(14)9-17/h3,5,8,12-13,17H,4,6-7,9-11H2,1-2H3. The number of hydrogen-bond acceptors (Lipinski definition) is 2. The molecule has 3 atom stereocenters. The number of ether oxygens (including phenoxy) is 1. The van der Waals surface area contributed by atoms with Gasteiger partial charge in [-0.15, -0.1) is 0 Å². The van der Waals surface area contributed by atoms with E-state index < -0.39 is 0 Å². The zero-order valence-corrected chi connectivity index (χ0v) is 13.2. The summed E-state index contributed by atoms with van der Waals surface area (Å²) >= 11 is 6.15. The smallest absolute Gasteiger partial charge is 0.0503 e. The highest BCUT2D eigenvalue weighted by Gasteiger charge is 2.35. The lowest BCUT2D eigenvalue weighted by molar-refractivity contribution is 0.138. The first-order valence-corrected chi connectivity index (χ1v) is 8.07. The van der Waals surface area contributed by atoms with Gasteiger partial charge < -0.3 is 4.74 Å². The molecule has 110 valence electrons. The molecule has 3 heteroatoms. The molecule has 1 fully saturated rings. The monoisotopic (exact) mass is 293 g/mol. The molecule has 1 aromatic carbocycles. The fourth-order valence-electron chi connectivity index (χ4n) is 4.03. The third-order valence-electron chi connectivity index (χ3n) is 4.95. The van der Waals surface area contributed by atoms with Gasteiger partial charge in [-0.2, -0.15) is 0 Å². The highest BCUT2D eigenvalue weighted by atomic mass is 35.5. The van der Waals surface area contributed by atoms with Gasteiger partial charge in [0.15, 0.2) is 0 Å². The number of halogens is 1. The van der Waals surface area contributed by atoms with Crippen LogP contribution in [0.2, 0.25) is 5.02 Å². The Hall–Kier alpha value is -0.570. The van der Waals surface area contributed by atoms with Gasteiger partial charge in [0.2, 0.25) is 0 Å². The lowest BCUT2D eigenvalue weighted by Crippen LogP contribution is -2.41. The SMILES string of the molecule is COCC1CC(C)N(C2CCc3ccc(Cl)cc3C2)C1. The summed E-state index contributed by atoms with van der Waals surface area (Å²) in [4.78, 5) is 2.70. The summed E-state index contributed by atoms with van der Waals surface area (Å²) in [7, 11) is 1.81. The molecule has 0 spiro atoms. The Morgan fingerprint density at radius 2 is 2.20 bits per heavy atom. The third kappa shape index (κ3) is 2.88. The van der Waals surface area contributed by atoms with Crippen molar-refractivity contribution in [1.82, 2.24) is 4.90 Å². The molecule has 1 aliphatic carbocycles. The van der Waals surface area contributed by atoms with Crippen molar-refractivity contribution >= 4 is 11.6 Å². The highest BCUT2D eigenvalue weighted by molar-refractivity contribution is 6.30. The van der Waals surface area contributed by atoms with E-state index in [1.807, 2.05) is 13.2 Å². The minimum Gasteiger partial charge on any atom is -0.384 e. The second-order valence-electron chi connectivity index (χ2n) is 6.41. The molecular weight excluding hydrogens is 270 g/mol. The fourth-order valence-corrected chi connectivity index (χ4v) is 4.22. The molecule has 1 aliphatic heterocycles. The molecule has 3 unspecified atom stereocenters. The summed E-state index contributed by atoms with van der Waals surface area (Å²) in [5.74, 6) is 0.704. The number of nitrogens with zero attached hydrogens (tertiary/aromatic N) is 1. The molecule has 0 radical (unpaired) electrons. The number of hydrogen-bond donors (Lipinski definition) is 0. The van der Waals surface area contributed by atoms with Gasteiger partial charge in [-0.05, 0) is 61.8 Å². The number of rotatable bonds is 3. The Morgan fingerprint density at radius 3 is 3.00 bits per heavy atom. The van der Waals surface area contributed by atoms with E-state index in [0.717, 1.165) is 18.1 Å². The minimum atomic E-state index is 0.679. The van der Waals surface area contributed by atoms with E-state index in [0.29, 0.717) is 18.0 Å². The van der Waals surface area contributed by atoms with Crippen LogP contribution >= 0.6 is 11.6 Å². The number of fused-ring (bicyclic) bond motifs is 1. The maximum Gasteiger partial charge on any atom is 0.0503 e. The van der Waals surface area contributed by atoms with Crippen LogP contribution in [0, 0.1) is 5.92 Å². The summed E-state index contributed by atoms with van der Waals surface area (Å²) in [6.07, 6.45) is 4.89. The quantitative estimate of drug-likeness (QED) is 0.845. The van der Waals surface area contributed by atoms with Gasteiger partial charge in [-0.3, -0.25) is 4.90 Å². The van der Waals surface area contributed by atoms with Gasteiger partial charge in [0.05, 0.1) is 6.61 Å². The summed E-state index contributed by atoms with van der Waals surface area (Å²) in [6.45, 7) is 4.45. The van der Waals surface area contributed by atoms with Gasteiger partial charge >= 0.3 is 0 Å². The molecule has 0 amide bonds. The summed E-state index contributed by atoms with van der Waals surface area (Å²) in [5.41, 5.74) is 2.95. The molecule has 20 heavy (non-hydrogen) atoms. The molecule has 3 rings (SSSR count). The van der Waals surface area contributed by atoms with Gasteiger partial charge in [0.1, 0.15) is 0 Å². The second kappa shape index (κ2) is 6.05. The zero-order chi connectivity index (χ0) is 14.1. The lowest BCUT2D eigenvalue weighted by atomic mass is 9.87. The van der Waals surface area contributed by atoms with Crippen molar-refractivity contribution in [1.29, 1.82) is 0 Å². The Labute approximate surface area is 127 Å². The van der Waals surface area contributed by atoms with E-state index in [1.54, 1.807) is 0 Å². The van der Waals surface area contributed by atoms with Crippen molar-refractivity contribution in [2.45, 2.75) is 44.7 Å². The predicted octanol–water partition coefficient (Wildman–Crippen LogP) is 3.55. The molecule has 0 aromatic heterocycles. The van der Waals surface area contributed by atoms with Crippen molar-refractivity contribution in [3.8, 4) is 0 Å². The molecule has 1 aromatic rings. The second-order valence-corrected chi connectivity index (χ2v) is 6.85. The van der Waals surface area contributed by atoms with E-state index >= 15 is 0 Å². The molecule has 1 saturated heterocycles. The van der Waals surface area contributed by atoms with Crippen molar-refractivity contribution in [3.05, 3.63) is 34.3 Å². The van der Waals surface area contributed by atoms with Crippen LogP contribution in [0.15, 0.2) is 18.2 Å². The fraction of sp³-hybridized carbons (Fsp3) is 0.647. The van der Waals surface area contributed by atoms with Crippen LogP contribution in [0.3, 0.4) is 0 Å². The number of methoxy groups -OCH3 is 1. The molecule has 2 nitrogen and oxygen atoms in total. The Morgan fingerprint density at radius 1 is 1.35 bits per heavy atom. The maximum atomic E-state index is 6.15. The van der Waals surface area contributed by atoms with Crippen LogP contribution in [0.25, 0.3) is 0 Å². The van der Waals surface area contributed by atoms with Crippen LogP contribution < -0.4 is 0 Å². The number of aryl methyl sites for hydroxylation is 1. The van der Waals surface area contributed by atoms with Gasteiger partial charge in [-0.25, -0.2) is 0 Å². The van der Waals surface area contributed by atoms with E-state index in [2.05, 4.69) is 24.0 Å². The van der Waals surface area contributed by atoms with Crippen LogP contribution in [0.4, 0.5) is 0 Å². The lowest BCUT2D eigenvalue weighted by Gasteiger charge is -2.35. The molecule has 0 bridgehead atoms. The molecule has 2 aliphatic rings. The average molecular weight is 294 g/mol. The van der Waals surface area contributed by atoms with Gasteiger partial charge in [0, 0.05) is 30.8 Å². The van der Waals surface area contributed by atoms with Gasteiger partial charge in [0.25, 0.3) is 0 Å². The van der Waals surface area contributed by atoms with Crippen molar-refractivity contribution in [3.63, 3.8) is 0 Å². The highest BCUT2D eigenvalue weighted by Crippen LogP contribution is 2.32. The van der Waals surface area contributed by atoms with Crippen molar-refractivity contribution < 1.29 is 4.74 Å². The van der Waals surface area contributed by atoms with E-state index in [4.69, 9.17) is 16.3 Å². The Balaban J connectivity index is 1.70. The number of likely N-dealkylation sites (tertiary alicyclic amines) is 1. The van der Waals surface area contributed by atoms with E-state index in [-0.39, 0.29) is 0 Å². The molecular formula is C17H24ClNO. The van der Waals surface area contributed by atoms with Crippen LogP contribution in [-0.4, -0.2) is 37.2 Å².